The minimum Gasteiger partial charge on any atom is -0.0622 e. The number of hydrogen-bond donors (Lipinski definition) is 0. The van der Waals surface area contributed by atoms with Crippen molar-refractivity contribution in [1.29, 1.82) is 0 Å². The van der Waals surface area contributed by atoms with Crippen LogP contribution in [-0.4, -0.2) is 0 Å². The zero-order chi connectivity index (χ0) is 34.4. The summed E-state index contributed by atoms with van der Waals surface area (Å²) in [5.74, 6) is 0. The molecule has 0 saturated heterocycles. The monoisotopic (exact) mass is 658 g/mol. The predicted molar refractivity (Wildman–Crippen MR) is 224 cm³/mol. The van der Waals surface area contributed by atoms with Gasteiger partial charge >= 0.3 is 0 Å². The van der Waals surface area contributed by atoms with E-state index in [-0.39, 0.29) is 0 Å². The molecule has 10 aromatic rings. The highest BCUT2D eigenvalue weighted by Crippen LogP contribution is 2.47. The van der Waals surface area contributed by atoms with E-state index in [0.717, 1.165) is 0 Å². The van der Waals surface area contributed by atoms with Crippen LogP contribution in [0.3, 0.4) is 0 Å². The maximum atomic E-state index is 2.35. The van der Waals surface area contributed by atoms with Gasteiger partial charge in [-0.1, -0.05) is 188 Å². The van der Waals surface area contributed by atoms with E-state index >= 15 is 0 Å². The van der Waals surface area contributed by atoms with Crippen molar-refractivity contribution in [2.24, 2.45) is 0 Å². The van der Waals surface area contributed by atoms with Gasteiger partial charge in [0.25, 0.3) is 0 Å². The summed E-state index contributed by atoms with van der Waals surface area (Å²) in [6, 6.07) is 75.5. The van der Waals surface area contributed by atoms with E-state index in [1.807, 2.05) is 0 Å². The van der Waals surface area contributed by atoms with Crippen LogP contribution in [0.1, 0.15) is 0 Å². The van der Waals surface area contributed by atoms with E-state index in [0.29, 0.717) is 0 Å². The third kappa shape index (κ3) is 5.08. The molecule has 0 bridgehead atoms. The van der Waals surface area contributed by atoms with Gasteiger partial charge in [-0.15, -0.1) is 0 Å². The Balaban J connectivity index is 1.17. The molecule has 0 atom stereocenters. The van der Waals surface area contributed by atoms with Crippen molar-refractivity contribution >= 4 is 43.1 Å². The number of fused-ring (bicyclic) bond motifs is 4. The molecular weight excluding hydrogens is 625 g/mol. The Morgan fingerprint density at radius 2 is 0.635 bits per heavy atom. The van der Waals surface area contributed by atoms with Crippen LogP contribution in [0, 0.1) is 0 Å². The van der Waals surface area contributed by atoms with Crippen LogP contribution in [0.15, 0.2) is 206 Å². The van der Waals surface area contributed by atoms with Crippen LogP contribution in [0.2, 0.25) is 0 Å². The zero-order valence-corrected chi connectivity index (χ0v) is 28.6. The molecule has 0 heteroatoms. The Morgan fingerprint density at radius 1 is 0.192 bits per heavy atom. The lowest BCUT2D eigenvalue weighted by molar-refractivity contribution is 1.61. The lowest BCUT2D eigenvalue weighted by Crippen LogP contribution is -1.93. The molecule has 10 rings (SSSR count). The topological polar surface area (TPSA) is 0 Å². The molecule has 242 valence electrons. The van der Waals surface area contributed by atoms with Crippen LogP contribution in [0.4, 0.5) is 0 Å². The van der Waals surface area contributed by atoms with Gasteiger partial charge in [-0.3, -0.25) is 0 Å². The summed E-state index contributed by atoms with van der Waals surface area (Å²) in [5, 5.41) is 10.1. The van der Waals surface area contributed by atoms with Crippen LogP contribution < -0.4 is 0 Å². The summed E-state index contributed by atoms with van der Waals surface area (Å²) in [5.41, 5.74) is 12.4. The fourth-order valence-electron chi connectivity index (χ4n) is 8.22. The fourth-order valence-corrected chi connectivity index (χ4v) is 8.22. The van der Waals surface area contributed by atoms with Crippen molar-refractivity contribution in [2.75, 3.05) is 0 Å². The van der Waals surface area contributed by atoms with Gasteiger partial charge < -0.3 is 0 Å². The minimum absolute atomic E-state index is 1.22. The highest BCUT2D eigenvalue weighted by atomic mass is 14.2. The van der Waals surface area contributed by atoms with Gasteiger partial charge in [0.05, 0.1) is 0 Å². The van der Waals surface area contributed by atoms with Crippen molar-refractivity contribution in [3.05, 3.63) is 206 Å². The zero-order valence-electron chi connectivity index (χ0n) is 28.6. The van der Waals surface area contributed by atoms with Gasteiger partial charge in [0.1, 0.15) is 0 Å². The molecule has 0 heterocycles. The Bertz CT molecular complexity index is 2890. The molecule has 52 heavy (non-hydrogen) atoms. The van der Waals surface area contributed by atoms with Crippen molar-refractivity contribution in [1.82, 2.24) is 0 Å². The van der Waals surface area contributed by atoms with E-state index in [1.165, 1.54) is 98.7 Å². The van der Waals surface area contributed by atoms with E-state index in [4.69, 9.17) is 0 Å². The molecule has 0 aliphatic heterocycles. The third-order valence-electron chi connectivity index (χ3n) is 10.6. The number of rotatable bonds is 5. The molecule has 0 N–H and O–H groups in total. The average molecular weight is 659 g/mol. The van der Waals surface area contributed by atoms with E-state index in [2.05, 4.69) is 206 Å². The number of benzene rings is 10. The van der Waals surface area contributed by atoms with Crippen LogP contribution in [0.5, 0.6) is 0 Å². The molecule has 0 aliphatic rings. The van der Waals surface area contributed by atoms with Gasteiger partial charge in [-0.2, -0.15) is 0 Å². The molecule has 0 saturated carbocycles. The SMILES string of the molecule is c1ccc(-c2cccc(-c3c4ccccc4c(-c4ccc(-c5cccc(-c6ccc7ccccc7c6)c5)c5ccccc45)c4ccccc34)c2)cc1. The lowest BCUT2D eigenvalue weighted by atomic mass is 9.83. The van der Waals surface area contributed by atoms with Crippen LogP contribution >= 0.6 is 0 Å². The van der Waals surface area contributed by atoms with Crippen molar-refractivity contribution < 1.29 is 0 Å². The molecule has 0 unspecified atom stereocenters. The Hall–Kier alpha value is -6.76. The van der Waals surface area contributed by atoms with E-state index in [9.17, 15) is 0 Å². The molecule has 0 amide bonds. The smallest absolute Gasteiger partial charge is 0.00201 e. The quantitative estimate of drug-likeness (QED) is 0.161. The molecule has 10 aromatic carbocycles. The molecule has 0 fully saturated rings. The normalized spacial score (nSPS) is 11.5. The molecule has 0 aliphatic carbocycles. The van der Waals surface area contributed by atoms with Gasteiger partial charge in [-0.05, 0) is 117 Å². The molecular formula is C52H34. The molecule has 0 spiro atoms. The second-order valence-corrected chi connectivity index (χ2v) is 13.6. The molecule has 0 aromatic heterocycles. The Labute approximate surface area is 303 Å². The first-order valence-electron chi connectivity index (χ1n) is 18.0. The summed E-state index contributed by atoms with van der Waals surface area (Å²) < 4.78 is 0. The van der Waals surface area contributed by atoms with Gasteiger partial charge in [-0.25, -0.2) is 0 Å². The highest BCUT2D eigenvalue weighted by molar-refractivity contribution is 6.24. The predicted octanol–water partition coefficient (Wildman–Crippen LogP) is 14.6. The highest BCUT2D eigenvalue weighted by Gasteiger charge is 2.19. The third-order valence-corrected chi connectivity index (χ3v) is 10.6. The summed E-state index contributed by atoms with van der Waals surface area (Å²) in [4.78, 5) is 0. The first-order valence-corrected chi connectivity index (χ1v) is 18.0. The average Bonchev–Trinajstić information content (AvgIpc) is 3.22. The second-order valence-electron chi connectivity index (χ2n) is 13.6. The first-order chi connectivity index (χ1) is 25.8. The van der Waals surface area contributed by atoms with Crippen molar-refractivity contribution in [3.8, 4) is 55.6 Å². The Morgan fingerprint density at radius 3 is 1.33 bits per heavy atom. The summed E-state index contributed by atoms with van der Waals surface area (Å²) in [6.45, 7) is 0. The minimum atomic E-state index is 1.22. The maximum Gasteiger partial charge on any atom is -0.00201 e. The fraction of sp³-hybridized carbons (Fsp3) is 0. The summed E-state index contributed by atoms with van der Waals surface area (Å²) in [6.07, 6.45) is 0. The first kappa shape index (κ1) is 30.1. The lowest BCUT2D eigenvalue weighted by Gasteiger charge is -2.20. The van der Waals surface area contributed by atoms with Crippen LogP contribution in [-0.2, 0) is 0 Å². The largest absolute Gasteiger partial charge is 0.0622 e. The van der Waals surface area contributed by atoms with E-state index < -0.39 is 0 Å². The second kappa shape index (κ2) is 12.5. The molecule has 0 radical (unpaired) electrons. The van der Waals surface area contributed by atoms with Crippen molar-refractivity contribution in [2.45, 2.75) is 0 Å². The van der Waals surface area contributed by atoms with Gasteiger partial charge in [0.15, 0.2) is 0 Å². The summed E-state index contributed by atoms with van der Waals surface area (Å²) in [7, 11) is 0. The van der Waals surface area contributed by atoms with Crippen LogP contribution in [0.25, 0.3) is 98.7 Å². The molecule has 0 nitrogen and oxygen atoms in total. The number of hydrogen-bond acceptors (Lipinski definition) is 0. The van der Waals surface area contributed by atoms with Gasteiger partial charge in [0.2, 0.25) is 0 Å². The standard InChI is InChI=1S/C52H34/c1-2-14-35(15-3-1)38-18-13-21-42(34-38)51-46-24-8-10-26-48(46)52(49-27-11-9-25-47(49)51)50-31-30-43(44-22-6-7-23-45(44)50)41-20-12-19-39(33-41)40-29-28-36-16-4-5-17-37(36)32-40/h1-34H. The van der Waals surface area contributed by atoms with Crippen molar-refractivity contribution in [3.63, 3.8) is 0 Å². The Kier molecular flexibility index (Phi) is 7.25. The summed E-state index contributed by atoms with van der Waals surface area (Å²) >= 11 is 0. The van der Waals surface area contributed by atoms with E-state index in [1.54, 1.807) is 0 Å². The van der Waals surface area contributed by atoms with Gasteiger partial charge in [0, 0.05) is 0 Å². The maximum absolute atomic E-state index is 2.35.